The van der Waals surface area contributed by atoms with Crippen molar-refractivity contribution in [3.05, 3.63) is 48.0 Å². The molecular formula is C18H17N3O4S. The molecule has 1 heterocycles. The molecule has 7 nitrogen and oxygen atoms in total. The maximum absolute atomic E-state index is 12.6. The van der Waals surface area contributed by atoms with Crippen molar-refractivity contribution in [3.8, 4) is 27.8 Å². The third kappa shape index (κ3) is 3.60. The number of carbonyl (C=O) groups excluding carboxylic acids is 1. The highest BCUT2D eigenvalue weighted by Crippen LogP contribution is 2.38. The second kappa shape index (κ2) is 7.83. The highest BCUT2D eigenvalue weighted by Gasteiger charge is 2.18. The molecular weight excluding hydrogens is 354 g/mol. The molecule has 3 aromatic rings. The first-order valence-corrected chi connectivity index (χ1v) is 8.48. The van der Waals surface area contributed by atoms with Crippen molar-refractivity contribution in [3.63, 3.8) is 0 Å². The van der Waals surface area contributed by atoms with Crippen LogP contribution in [0.2, 0.25) is 0 Å². The number of amides is 1. The summed E-state index contributed by atoms with van der Waals surface area (Å²) >= 11 is 1.30. The molecule has 134 valence electrons. The van der Waals surface area contributed by atoms with Gasteiger partial charge in [-0.3, -0.25) is 10.1 Å². The lowest BCUT2D eigenvalue weighted by Gasteiger charge is -2.13. The molecule has 1 N–H and O–H groups in total. The lowest BCUT2D eigenvalue weighted by atomic mass is 10.1. The first kappa shape index (κ1) is 17.7. The van der Waals surface area contributed by atoms with Crippen LogP contribution >= 0.6 is 11.3 Å². The number of benzene rings is 2. The molecule has 1 aromatic heterocycles. The van der Waals surface area contributed by atoms with Crippen LogP contribution in [0.1, 0.15) is 10.4 Å². The van der Waals surface area contributed by atoms with Crippen molar-refractivity contribution in [2.45, 2.75) is 0 Å². The van der Waals surface area contributed by atoms with Crippen molar-refractivity contribution >= 4 is 22.4 Å². The molecule has 0 aliphatic rings. The first-order chi connectivity index (χ1) is 12.7. The van der Waals surface area contributed by atoms with E-state index in [1.165, 1.54) is 32.7 Å². The Morgan fingerprint density at radius 1 is 0.962 bits per heavy atom. The lowest BCUT2D eigenvalue weighted by Crippen LogP contribution is -2.12. The molecule has 26 heavy (non-hydrogen) atoms. The van der Waals surface area contributed by atoms with Crippen molar-refractivity contribution in [1.82, 2.24) is 10.2 Å². The van der Waals surface area contributed by atoms with Gasteiger partial charge >= 0.3 is 0 Å². The van der Waals surface area contributed by atoms with Crippen LogP contribution in [0.15, 0.2) is 42.5 Å². The number of hydrogen-bond acceptors (Lipinski definition) is 7. The van der Waals surface area contributed by atoms with Crippen LogP contribution in [-0.4, -0.2) is 37.4 Å². The van der Waals surface area contributed by atoms with Gasteiger partial charge in [0.15, 0.2) is 11.5 Å². The quantitative estimate of drug-likeness (QED) is 0.714. The minimum absolute atomic E-state index is 0.347. The van der Waals surface area contributed by atoms with E-state index in [2.05, 4.69) is 15.5 Å². The molecule has 0 aliphatic heterocycles. The van der Waals surface area contributed by atoms with Gasteiger partial charge in [-0.15, -0.1) is 10.2 Å². The number of carbonyl (C=O) groups is 1. The number of hydrogen-bond donors (Lipinski definition) is 1. The number of nitrogens with zero attached hydrogens (tertiary/aromatic N) is 2. The maximum Gasteiger partial charge on any atom is 0.257 e. The summed E-state index contributed by atoms with van der Waals surface area (Å²) in [7, 11) is 4.50. The summed E-state index contributed by atoms with van der Waals surface area (Å²) in [6, 6.07) is 12.8. The average molecular weight is 371 g/mol. The zero-order valence-corrected chi connectivity index (χ0v) is 15.3. The Labute approximate surface area is 154 Å². The number of rotatable bonds is 6. The minimum Gasteiger partial charge on any atom is -0.493 e. The third-order valence-corrected chi connectivity index (χ3v) is 4.48. The van der Waals surface area contributed by atoms with Crippen LogP contribution in [0.4, 0.5) is 5.13 Å². The number of nitrogens with one attached hydrogen (secondary N) is 1. The molecule has 0 atom stereocenters. The van der Waals surface area contributed by atoms with Gasteiger partial charge < -0.3 is 14.2 Å². The van der Waals surface area contributed by atoms with E-state index < -0.39 is 0 Å². The van der Waals surface area contributed by atoms with E-state index in [0.717, 1.165) is 10.6 Å². The predicted molar refractivity (Wildman–Crippen MR) is 99.4 cm³/mol. The summed E-state index contributed by atoms with van der Waals surface area (Å²) in [6.07, 6.45) is 0. The van der Waals surface area contributed by atoms with E-state index >= 15 is 0 Å². The summed E-state index contributed by atoms with van der Waals surface area (Å²) < 4.78 is 15.8. The molecule has 0 spiro atoms. The summed E-state index contributed by atoms with van der Waals surface area (Å²) in [6.45, 7) is 0. The van der Waals surface area contributed by atoms with Crippen LogP contribution in [0.25, 0.3) is 10.6 Å². The summed E-state index contributed by atoms with van der Waals surface area (Å²) in [4.78, 5) is 12.6. The van der Waals surface area contributed by atoms with Gasteiger partial charge in [-0.25, -0.2) is 0 Å². The zero-order valence-electron chi connectivity index (χ0n) is 14.5. The molecule has 3 rings (SSSR count). The molecule has 0 aliphatic carbocycles. The van der Waals surface area contributed by atoms with E-state index in [1.807, 2.05) is 30.3 Å². The van der Waals surface area contributed by atoms with Crippen molar-refractivity contribution in [2.24, 2.45) is 0 Å². The zero-order chi connectivity index (χ0) is 18.5. The molecule has 0 saturated heterocycles. The van der Waals surface area contributed by atoms with Gasteiger partial charge in [0.1, 0.15) is 5.01 Å². The van der Waals surface area contributed by atoms with E-state index in [1.54, 1.807) is 12.1 Å². The molecule has 0 saturated carbocycles. The molecule has 0 unspecified atom stereocenters. The van der Waals surface area contributed by atoms with E-state index in [4.69, 9.17) is 14.2 Å². The Hall–Kier alpha value is -3.13. The fourth-order valence-corrected chi connectivity index (χ4v) is 3.10. The molecule has 1 amide bonds. The molecule has 0 radical (unpaired) electrons. The second-order valence-corrected chi connectivity index (χ2v) is 6.12. The number of methoxy groups -OCH3 is 3. The van der Waals surface area contributed by atoms with Crippen LogP contribution in [-0.2, 0) is 0 Å². The number of ether oxygens (including phenoxy) is 3. The van der Waals surface area contributed by atoms with E-state index in [-0.39, 0.29) is 5.91 Å². The highest BCUT2D eigenvalue weighted by molar-refractivity contribution is 7.18. The van der Waals surface area contributed by atoms with Crippen molar-refractivity contribution < 1.29 is 19.0 Å². The van der Waals surface area contributed by atoms with Gasteiger partial charge in [-0.2, -0.15) is 0 Å². The third-order valence-electron chi connectivity index (χ3n) is 3.59. The van der Waals surface area contributed by atoms with Gasteiger partial charge in [-0.1, -0.05) is 41.7 Å². The maximum atomic E-state index is 12.6. The fourth-order valence-electron chi connectivity index (χ4n) is 2.35. The Bertz CT molecular complexity index is 887. The SMILES string of the molecule is COc1cc(C(=O)Nc2nnc(-c3ccccc3)s2)cc(OC)c1OC. The van der Waals surface area contributed by atoms with Crippen LogP contribution in [0.3, 0.4) is 0 Å². The smallest absolute Gasteiger partial charge is 0.257 e. The van der Waals surface area contributed by atoms with Crippen molar-refractivity contribution in [2.75, 3.05) is 26.6 Å². The predicted octanol–water partition coefficient (Wildman–Crippen LogP) is 3.48. The normalized spacial score (nSPS) is 10.3. The van der Waals surface area contributed by atoms with Gasteiger partial charge in [0.05, 0.1) is 21.3 Å². The van der Waals surface area contributed by atoms with Crippen molar-refractivity contribution in [1.29, 1.82) is 0 Å². The number of aromatic nitrogens is 2. The standard InChI is InChI=1S/C18H17N3O4S/c1-23-13-9-12(10-14(24-2)15(13)25-3)16(22)19-18-21-20-17(26-18)11-7-5-4-6-8-11/h4-10H,1-3H3,(H,19,21,22). The Morgan fingerprint density at radius 3 is 2.19 bits per heavy atom. The summed E-state index contributed by atoms with van der Waals surface area (Å²) in [5.74, 6) is 0.882. The van der Waals surface area contributed by atoms with Gasteiger partial charge in [0.2, 0.25) is 10.9 Å². The lowest BCUT2D eigenvalue weighted by molar-refractivity contribution is 0.102. The monoisotopic (exact) mass is 371 g/mol. The Balaban J connectivity index is 1.83. The Morgan fingerprint density at radius 2 is 1.62 bits per heavy atom. The minimum atomic E-state index is -0.347. The van der Waals surface area contributed by atoms with Gasteiger partial charge in [0, 0.05) is 11.1 Å². The van der Waals surface area contributed by atoms with E-state index in [0.29, 0.717) is 27.9 Å². The number of anilines is 1. The molecule has 8 heteroatoms. The van der Waals surface area contributed by atoms with Gasteiger partial charge in [0.25, 0.3) is 5.91 Å². The largest absolute Gasteiger partial charge is 0.493 e. The van der Waals surface area contributed by atoms with Crippen LogP contribution in [0, 0.1) is 0 Å². The molecule has 0 fully saturated rings. The first-order valence-electron chi connectivity index (χ1n) is 7.66. The summed E-state index contributed by atoms with van der Waals surface area (Å²) in [5, 5.41) is 12.0. The molecule has 2 aromatic carbocycles. The average Bonchev–Trinajstić information content (AvgIpc) is 3.15. The van der Waals surface area contributed by atoms with Crippen LogP contribution < -0.4 is 19.5 Å². The van der Waals surface area contributed by atoms with Gasteiger partial charge in [-0.05, 0) is 12.1 Å². The second-order valence-electron chi connectivity index (χ2n) is 5.15. The Kier molecular flexibility index (Phi) is 5.33. The highest BCUT2D eigenvalue weighted by atomic mass is 32.1. The van der Waals surface area contributed by atoms with Crippen LogP contribution in [0.5, 0.6) is 17.2 Å². The fraction of sp³-hybridized carbons (Fsp3) is 0.167. The topological polar surface area (TPSA) is 82.6 Å². The molecule has 0 bridgehead atoms. The summed E-state index contributed by atoms with van der Waals surface area (Å²) in [5.41, 5.74) is 1.30. The van der Waals surface area contributed by atoms with E-state index in [9.17, 15) is 4.79 Å².